The van der Waals surface area contributed by atoms with E-state index in [9.17, 15) is 0 Å². The second-order valence-electron chi connectivity index (χ2n) is 7.62. The van der Waals surface area contributed by atoms with Crippen LogP contribution < -0.4 is 0 Å². The first-order valence-electron chi connectivity index (χ1n) is 9.63. The molecule has 6 aromatic rings. The lowest BCUT2D eigenvalue weighted by molar-refractivity contribution is 1.18. The van der Waals surface area contributed by atoms with E-state index in [1.807, 2.05) is 11.3 Å². The topological polar surface area (TPSA) is 4.93 Å². The first kappa shape index (κ1) is 15.9. The van der Waals surface area contributed by atoms with Gasteiger partial charge in [0.2, 0.25) is 0 Å². The standard InChI is InChI=1S/C26H19NS/c1-16-7-10-18(11-8-16)27-22-6-4-3-5-19(22)20-13-14-23-25(26(20)27)21-12-9-17(2)15-24(21)28-23/h3-15H,1-2H3. The van der Waals surface area contributed by atoms with Crippen molar-refractivity contribution in [2.24, 2.45) is 0 Å². The summed E-state index contributed by atoms with van der Waals surface area (Å²) in [7, 11) is 0. The molecule has 1 nitrogen and oxygen atoms in total. The van der Waals surface area contributed by atoms with Gasteiger partial charge in [-0.2, -0.15) is 0 Å². The Morgan fingerprint density at radius 2 is 1.39 bits per heavy atom. The first-order chi connectivity index (χ1) is 13.7. The van der Waals surface area contributed by atoms with Crippen LogP contribution in [0.4, 0.5) is 0 Å². The van der Waals surface area contributed by atoms with Crippen molar-refractivity contribution in [1.82, 2.24) is 4.57 Å². The van der Waals surface area contributed by atoms with E-state index in [-0.39, 0.29) is 0 Å². The lowest BCUT2D eigenvalue weighted by Gasteiger charge is -2.09. The highest BCUT2D eigenvalue weighted by molar-refractivity contribution is 7.26. The zero-order chi connectivity index (χ0) is 18.8. The molecule has 0 aliphatic heterocycles. The Morgan fingerprint density at radius 3 is 2.25 bits per heavy atom. The molecule has 0 aliphatic carbocycles. The predicted molar refractivity (Wildman–Crippen MR) is 123 cm³/mol. The summed E-state index contributed by atoms with van der Waals surface area (Å²) in [5.74, 6) is 0. The molecule has 0 fully saturated rings. The third-order valence-corrected chi connectivity index (χ3v) is 6.83. The summed E-state index contributed by atoms with van der Waals surface area (Å²) < 4.78 is 5.16. The Labute approximate surface area is 167 Å². The van der Waals surface area contributed by atoms with Crippen molar-refractivity contribution in [3.8, 4) is 5.69 Å². The van der Waals surface area contributed by atoms with Gasteiger partial charge in [-0.15, -0.1) is 11.3 Å². The number of para-hydroxylation sites is 1. The van der Waals surface area contributed by atoms with Crippen molar-refractivity contribution in [1.29, 1.82) is 0 Å². The van der Waals surface area contributed by atoms with Gasteiger partial charge < -0.3 is 4.57 Å². The van der Waals surface area contributed by atoms with E-state index in [2.05, 4.69) is 97.3 Å². The molecule has 0 spiro atoms. The van der Waals surface area contributed by atoms with Crippen LogP contribution >= 0.6 is 11.3 Å². The molecular weight excluding hydrogens is 358 g/mol. The van der Waals surface area contributed by atoms with E-state index in [0.717, 1.165) is 0 Å². The third-order valence-electron chi connectivity index (χ3n) is 5.72. The molecule has 134 valence electrons. The van der Waals surface area contributed by atoms with E-state index < -0.39 is 0 Å². The molecule has 0 saturated carbocycles. The van der Waals surface area contributed by atoms with Crippen LogP contribution in [0, 0.1) is 13.8 Å². The van der Waals surface area contributed by atoms with E-state index >= 15 is 0 Å². The summed E-state index contributed by atoms with van der Waals surface area (Å²) >= 11 is 1.89. The van der Waals surface area contributed by atoms with Gasteiger partial charge in [0.15, 0.2) is 0 Å². The average Bonchev–Trinajstić information content (AvgIpc) is 3.23. The lowest BCUT2D eigenvalue weighted by atomic mass is 10.1. The van der Waals surface area contributed by atoms with Gasteiger partial charge in [0, 0.05) is 36.6 Å². The average molecular weight is 378 g/mol. The molecule has 2 heterocycles. The molecule has 0 atom stereocenters. The van der Waals surface area contributed by atoms with Crippen molar-refractivity contribution in [3.05, 3.63) is 90.0 Å². The summed E-state index contributed by atoms with van der Waals surface area (Å²) in [4.78, 5) is 0. The summed E-state index contributed by atoms with van der Waals surface area (Å²) in [5.41, 5.74) is 6.40. The lowest BCUT2D eigenvalue weighted by Crippen LogP contribution is -1.94. The van der Waals surface area contributed by atoms with Crippen LogP contribution in [0.3, 0.4) is 0 Å². The quantitative estimate of drug-likeness (QED) is 0.276. The molecule has 0 bridgehead atoms. The number of hydrogen-bond donors (Lipinski definition) is 0. The van der Waals surface area contributed by atoms with Crippen molar-refractivity contribution in [3.63, 3.8) is 0 Å². The second kappa shape index (κ2) is 5.70. The summed E-state index contributed by atoms with van der Waals surface area (Å²) in [6.07, 6.45) is 0. The van der Waals surface area contributed by atoms with Crippen molar-refractivity contribution >= 4 is 53.3 Å². The number of benzene rings is 4. The van der Waals surface area contributed by atoms with Crippen LogP contribution in [-0.4, -0.2) is 4.57 Å². The molecule has 0 amide bonds. The van der Waals surface area contributed by atoms with E-state index in [4.69, 9.17) is 0 Å². The fraction of sp³-hybridized carbons (Fsp3) is 0.0769. The molecular formula is C26H19NS. The fourth-order valence-electron chi connectivity index (χ4n) is 4.39. The molecule has 4 aromatic carbocycles. The first-order valence-corrected chi connectivity index (χ1v) is 10.4. The van der Waals surface area contributed by atoms with Gasteiger partial charge in [-0.3, -0.25) is 0 Å². The zero-order valence-electron chi connectivity index (χ0n) is 15.9. The Kier molecular flexibility index (Phi) is 3.24. The number of nitrogens with zero attached hydrogens (tertiary/aromatic N) is 1. The monoisotopic (exact) mass is 377 g/mol. The smallest absolute Gasteiger partial charge is 0.0634 e. The molecule has 0 aliphatic rings. The maximum absolute atomic E-state index is 2.44. The maximum atomic E-state index is 2.44. The SMILES string of the molecule is Cc1ccc(-n2c3ccccc3c3ccc4sc5cc(C)ccc5c4c32)cc1. The Bertz CT molecular complexity index is 1510. The van der Waals surface area contributed by atoms with Crippen LogP contribution in [0.5, 0.6) is 0 Å². The Morgan fingerprint density at radius 1 is 0.643 bits per heavy atom. The second-order valence-corrected chi connectivity index (χ2v) is 8.71. The zero-order valence-corrected chi connectivity index (χ0v) is 16.7. The highest BCUT2D eigenvalue weighted by Crippen LogP contribution is 2.43. The normalized spacial score (nSPS) is 11.9. The molecule has 0 saturated heterocycles. The minimum Gasteiger partial charge on any atom is -0.309 e. The van der Waals surface area contributed by atoms with E-state index in [0.29, 0.717) is 0 Å². The summed E-state index contributed by atoms with van der Waals surface area (Å²) in [5, 5.41) is 5.36. The van der Waals surface area contributed by atoms with Gasteiger partial charge in [0.25, 0.3) is 0 Å². The molecule has 0 unspecified atom stereocenters. The Hall–Kier alpha value is -3.10. The van der Waals surface area contributed by atoms with Crippen LogP contribution in [0.2, 0.25) is 0 Å². The molecule has 6 rings (SSSR count). The largest absolute Gasteiger partial charge is 0.309 e. The highest BCUT2D eigenvalue weighted by atomic mass is 32.1. The predicted octanol–water partition coefficient (Wildman–Crippen LogP) is 7.77. The number of fused-ring (bicyclic) bond motifs is 7. The third kappa shape index (κ3) is 2.12. The van der Waals surface area contributed by atoms with Crippen LogP contribution in [0.15, 0.2) is 78.9 Å². The molecule has 0 radical (unpaired) electrons. The Balaban J connectivity index is 1.90. The van der Waals surface area contributed by atoms with Gasteiger partial charge in [0.1, 0.15) is 0 Å². The van der Waals surface area contributed by atoms with Gasteiger partial charge in [-0.1, -0.05) is 54.1 Å². The molecule has 2 heteroatoms. The van der Waals surface area contributed by atoms with Crippen LogP contribution in [0.1, 0.15) is 11.1 Å². The number of hydrogen-bond acceptors (Lipinski definition) is 1. The molecule has 0 N–H and O–H groups in total. The molecule has 2 aromatic heterocycles. The molecule has 28 heavy (non-hydrogen) atoms. The minimum absolute atomic E-state index is 1.22. The van der Waals surface area contributed by atoms with E-state index in [1.165, 1.54) is 58.8 Å². The number of aromatic nitrogens is 1. The van der Waals surface area contributed by atoms with Crippen LogP contribution in [-0.2, 0) is 0 Å². The number of aryl methyl sites for hydroxylation is 2. The number of rotatable bonds is 1. The maximum Gasteiger partial charge on any atom is 0.0634 e. The van der Waals surface area contributed by atoms with E-state index in [1.54, 1.807) is 0 Å². The fourth-order valence-corrected chi connectivity index (χ4v) is 5.59. The van der Waals surface area contributed by atoms with Gasteiger partial charge in [-0.05, 0) is 49.7 Å². The van der Waals surface area contributed by atoms with Crippen molar-refractivity contribution in [2.45, 2.75) is 13.8 Å². The summed E-state index contributed by atoms with van der Waals surface area (Å²) in [6, 6.07) is 29.0. The highest BCUT2D eigenvalue weighted by Gasteiger charge is 2.17. The van der Waals surface area contributed by atoms with Gasteiger partial charge in [-0.25, -0.2) is 0 Å². The minimum atomic E-state index is 1.22. The van der Waals surface area contributed by atoms with Gasteiger partial charge in [0.05, 0.1) is 11.0 Å². The van der Waals surface area contributed by atoms with Crippen molar-refractivity contribution < 1.29 is 0 Å². The van der Waals surface area contributed by atoms with Crippen LogP contribution in [0.25, 0.3) is 47.7 Å². The van der Waals surface area contributed by atoms with Crippen molar-refractivity contribution in [2.75, 3.05) is 0 Å². The van der Waals surface area contributed by atoms with Gasteiger partial charge >= 0.3 is 0 Å². The summed E-state index contributed by atoms with van der Waals surface area (Å²) in [6.45, 7) is 4.31. The number of thiophene rings is 1.